The number of carbonyl (C=O) groups is 1. The zero-order valence-corrected chi connectivity index (χ0v) is 21.8. The Labute approximate surface area is 217 Å². The Morgan fingerprint density at radius 1 is 0.943 bits per heavy atom. The monoisotopic (exact) mass is 552 g/mol. The van der Waals surface area contributed by atoms with Crippen molar-refractivity contribution in [1.29, 1.82) is 0 Å². The van der Waals surface area contributed by atoms with Gasteiger partial charge >= 0.3 is 0 Å². The van der Waals surface area contributed by atoms with Crippen LogP contribution in [-0.4, -0.2) is 40.1 Å². The predicted molar refractivity (Wildman–Crippen MR) is 142 cm³/mol. The maximum absolute atomic E-state index is 12.8. The second kappa shape index (κ2) is 11.9. The van der Waals surface area contributed by atoms with E-state index in [1.807, 2.05) is 90.4 Å². The lowest BCUT2D eigenvalue weighted by molar-refractivity contribution is -0.115. The van der Waals surface area contributed by atoms with Gasteiger partial charge in [0.25, 0.3) is 0 Å². The summed E-state index contributed by atoms with van der Waals surface area (Å²) in [4.78, 5) is 14.5. The lowest BCUT2D eigenvalue weighted by Crippen LogP contribution is -2.27. The number of rotatable bonds is 10. The molecular weight excluding hydrogens is 528 g/mol. The number of aromatic nitrogens is 3. The van der Waals surface area contributed by atoms with Crippen molar-refractivity contribution in [2.24, 2.45) is 0 Å². The van der Waals surface area contributed by atoms with Crippen LogP contribution in [0.1, 0.15) is 12.7 Å². The molecule has 0 saturated heterocycles. The van der Waals surface area contributed by atoms with Crippen molar-refractivity contribution in [3.63, 3.8) is 0 Å². The zero-order valence-electron chi connectivity index (χ0n) is 19.4. The molecule has 0 unspecified atom stereocenters. The Morgan fingerprint density at radius 2 is 1.60 bits per heavy atom. The van der Waals surface area contributed by atoms with Crippen LogP contribution in [0.5, 0.6) is 11.5 Å². The third kappa shape index (κ3) is 6.43. The van der Waals surface area contributed by atoms with Crippen LogP contribution >= 0.6 is 27.7 Å². The molecule has 0 radical (unpaired) electrons. The quantitative estimate of drug-likeness (QED) is 0.233. The van der Waals surface area contributed by atoms with E-state index in [-0.39, 0.29) is 18.3 Å². The fraction of sp³-hybridized carbons (Fsp3) is 0.192. The van der Waals surface area contributed by atoms with Crippen LogP contribution in [0.3, 0.4) is 0 Å². The molecule has 0 aliphatic heterocycles. The predicted octanol–water partition coefficient (Wildman–Crippen LogP) is 5.76. The number of anilines is 1. The molecule has 0 atom stereocenters. The average Bonchev–Trinajstić information content (AvgIpc) is 3.30. The van der Waals surface area contributed by atoms with Crippen LogP contribution in [-0.2, 0) is 11.4 Å². The summed E-state index contributed by atoms with van der Waals surface area (Å²) in [6, 6.07) is 24.9. The van der Waals surface area contributed by atoms with E-state index >= 15 is 0 Å². The topological polar surface area (TPSA) is 69.5 Å². The van der Waals surface area contributed by atoms with E-state index in [1.54, 1.807) is 11.9 Å². The van der Waals surface area contributed by atoms with Gasteiger partial charge < -0.3 is 14.4 Å². The summed E-state index contributed by atoms with van der Waals surface area (Å²) >= 11 is 4.77. The number of nitrogens with zero attached hydrogens (tertiary/aromatic N) is 4. The Hall–Kier alpha value is -3.30. The zero-order chi connectivity index (χ0) is 24.6. The molecule has 1 heterocycles. The molecule has 0 bridgehead atoms. The first kappa shape index (κ1) is 24.8. The number of halogens is 1. The van der Waals surface area contributed by atoms with E-state index in [0.717, 1.165) is 27.3 Å². The van der Waals surface area contributed by atoms with E-state index < -0.39 is 0 Å². The molecule has 7 nitrogen and oxygen atoms in total. The molecule has 0 saturated carbocycles. The first-order chi connectivity index (χ1) is 17.0. The molecule has 0 aliphatic rings. The number of ether oxygens (including phenoxy) is 2. The van der Waals surface area contributed by atoms with Crippen LogP contribution in [0.2, 0.25) is 0 Å². The summed E-state index contributed by atoms with van der Waals surface area (Å²) in [6.07, 6.45) is 0. The Morgan fingerprint density at radius 3 is 2.29 bits per heavy atom. The molecule has 4 rings (SSSR count). The number of hydrogen-bond donors (Lipinski definition) is 0. The van der Waals surface area contributed by atoms with Gasteiger partial charge in [0.15, 0.2) is 11.0 Å². The lowest BCUT2D eigenvalue weighted by atomic mass is 10.3. The van der Waals surface area contributed by atoms with E-state index in [4.69, 9.17) is 9.47 Å². The summed E-state index contributed by atoms with van der Waals surface area (Å²) in [5, 5.41) is 9.34. The number of para-hydroxylation sites is 1. The van der Waals surface area contributed by atoms with Crippen molar-refractivity contribution in [3.05, 3.63) is 89.2 Å². The van der Waals surface area contributed by atoms with E-state index in [0.29, 0.717) is 17.6 Å². The Kier molecular flexibility index (Phi) is 8.44. The van der Waals surface area contributed by atoms with Crippen LogP contribution in [0.4, 0.5) is 5.69 Å². The van der Waals surface area contributed by atoms with Crippen LogP contribution in [0.15, 0.2) is 88.5 Å². The van der Waals surface area contributed by atoms with Crippen molar-refractivity contribution in [2.75, 3.05) is 24.3 Å². The summed E-state index contributed by atoms with van der Waals surface area (Å²) in [7, 11) is 1.77. The number of benzene rings is 3. The minimum absolute atomic E-state index is 0.0323. The van der Waals surface area contributed by atoms with Gasteiger partial charge in [0.05, 0.1) is 12.4 Å². The molecule has 35 heavy (non-hydrogen) atoms. The van der Waals surface area contributed by atoms with Crippen LogP contribution in [0, 0.1) is 0 Å². The van der Waals surface area contributed by atoms with E-state index in [9.17, 15) is 4.79 Å². The Bertz CT molecular complexity index is 1250. The van der Waals surface area contributed by atoms with Gasteiger partial charge in [-0.25, -0.2) is 0 Å². The lowest BCUT2D eigenvalue weighted by Gasteiger charge is -2.17. The highest BCUT2D eigenvalue weighted by molar-refractivity contribution is 9.10. The fourth-order valence-corrected chi connectivity index (χ4v) is 4.45. The summed E-state index contributed by atoms with van der Waals surface area (Å²) < 4.78 is 14.4. The normalized spacial score (nSPS) is 10.7. The van der Waals surface area contributed by atoms with Gasteiger partial charge in [-0.05, 0) is 67.6 Å². The number of thioether (sulfide) groups is 1. The summed E-state index contributed by atoms with van der Waals surface area (Å²) in [5.74, 6) is 2.32. The van der Waals surface area contributed by atoms with Crippen molar-refractivity contribution in [1.82, 2.24) is 14.8 Å². The van der Waals surface area contributed by atoms with Gasteiger partial charge in [-0.2, -0.15) is 0 Å². The smallest absolute Gasteiger partial charge is 0.237 e. The van der Waals surface area contributed by atoms with Crippen molar-refractivity contribution < 1.29 is 14.3 Å². The van der Waals surface area contributed by atoms with Gasteiger partial charge in [0.2, 0.25) is 5.91 Å². The highest BCUT2D eigenvalue weighted by Crippen LogP contribution is 2.26. The second-order valence-corrected chi connectivity index (χ2v) is 9.34. The molecule has 0 fully saturated rings. The second-order valence-electron chi connectivity index (χ2n) is 7.48. The van der Waals surface area contributed by atoms with Crippen LogP contribution < -0.4 is 14.4 Å². The van der Waals surface area contributed by atoms with Gasteiger partial charge in [-0.1, -0.05) is 45.9 Å². The number of amides is 1. The van der Waals surface area contributed by atoms with Gasteiger partial charge in [-0.3, -0.25) is 9.36 Å². The van der Waals surface area contributed by atoms with Crippen molar-refractivity contribution in [2.45, 2.75) is 18.7 Å². The number of carbonyl (C=O) groups excluding carboxylic acids is 1. The maximum Gasteiger partial charge on any atom is 0.237 e. The van der Waals surface area contributed by atoms with Gasteiger partial charge in [0.1, 0.15) is 18.1 Å². The molecule has 9 heteroatoms. The fourth-order valence-electron chi connectivity index (χ4n) is 3.30. The van der Waals surface area contributed by atoms with Crippen molar-refractivity contribution in [3.8, 4) is 17.2 Å². The molecule has 0 spiro atoms. The minimum atomic E-state index is -0.0323. The highest BCUT2D eigenvalue weighted by Gasteiger charge is 2.18. The van der Waals surface area contributed by atoms with Gasteiger partial charge in [0, 0.05) is 22.9 Å². The minimum Gasteiger partial charge on any atom is -0.494 e. The molecule has 1 aromatic heterocycles. The standard InChI is InChI=1S/C26H25BrN4O3S/c1-3-33-22-15-11-21(12-16-22)31-24(17-34-23-13-9-19(27)10-14-23)28-29-26(31)35-18-25(32)30(2)20-7-5-4-6-8-20/h4-16H,3,17-18H2,1-2H3. The van der Waals surface area contributed by atoms with Crippen LogP contribution in [0.25, 0.3) is 5.69 Å². The molecule has 0 aliphatic carbocycles. The molecule has 180 valence electrons. The molecule has 3 aromatic carbocycles. The average molecular weight is 553 g/mol. The molecular formula is C26H25BrN4O3S. The largest absolute Gasteiger partial charge is 0.494 e. The molecule has 4 aromatic rings. The first-order valence-electron chi connectivity index (χ1n) is 11.1. The van der Waals surface area contributed by atoms with E-state index in [2.05, 4.69) is 26.1 Å². The van der Waals surface area contributed by atoms with Crippen molar-refractivity contribution >= 4 is 39.3 Å². The third-order valence-electron chi connectivity index (χ3n) is 5.13. The Balaban J connectivity index is 1.54. The molecule has 1 amide bonds. The van der Waals surface area contributed by atoms with Gasteiger partial charge in [-0.15, -0.1) is 10.2 Å². The summed E-state index contributed by atoms with van der Waals surface area (Å²) in [5.41, 5.74) is 1.70. The van der Waals surface area contributed by atoms with E-state index in [1.165, 1.54) is 11.8 Å². The maximum atomic E-state index is 12.8. The first-order valence-corrected chi connectivity index (χ1v) is 12.8. The molecule has 0 N–H and O–H groups in total. The highest BCUT2D eigenvalue weighted by atomic mass is 79.9. The number of hydrogen-bond acceptors (Lipinski definition) is 6. The summed E-state index contributed by atoms with van der Waals surface area (Å²) in [6.45, 7) is 2.76. The third-order valence-corrected chi connectivity index (χ3v) is 6.57. The SMILES string of the molecule is CCOc1ccc(-n2c(COc3ccc(Br)cc3)nnc2SCC(=O)N(C)c2ccccc2)cc1.